The molecule has 16 heavy (non-hydrogen) atoms. The standard InChI is InChI=1S/C11H15NO4/c1-2-16-11(15)8(12)5-7-3-4-9(13)10(14)6-7/h3-4,6,8,13-14H,2,5,12H2,1H3/i5D,8D/t5-,8?/m0/s1. The number of nitrogens with two attached hydrogens (primary N) is 1. The van der Waals surface area contributed by atoms with Crippen LogP contribution in [0.25, 0.3) is 0 Å². The molecule has 1 aromatic rings. The Hall–Kier alpha value is -1.75. The summed E-state index contributed by atoms with van der Waals surface area (Å²) in [5, 5.41) is 18.4. The zero-order valence-electron chi connectivity index (χ0n) is 10.8. The Labute approximate surface area is 96.3 Å². The van der Waals surface area contributed by atoms with Gasteiger partial charge >= 0.3 is 5.97 Å². The first kappa shape index (κ1) is 9.47. The molecule has 0 aliphatic heterocycles. The van der Waals surface area contributed by atoms with Crippen molar-refractivity contribution in [3.63, 3.8) is 0 Å². The molecule has 0 saturated heterocycles. The van der Waals surface area contributed by atoms with E-state index in [-0.39, 0.29) is 17.9 Å². The summed E-state index contributed by atoms with van der Waals surface area (Å²) in [6.45, 7) is 1.63. The molecular formula is C11H15NO4. The highest BCUT2D eigenvalue weighted by Crippen LogP contribution is 2.25. The third kappa shape index (κ3) is 3.13. The van der Waals surface area contributed by atoms with Gasteiger partial charge in [0.25, 0.3) is 0 Å². The first-order valence-corrected chi connectivity index (χ1v) is 4.71. The van der Waals surface area contributed by atoms with E-state index in [1.807, 2.05) is 0 Å². The molecule has 0 spiro atoms. The smallest absolute Gasteiger partial charge is 0.323 e. The summed E-state index contributed by atoms with van der Waals surface area (Å²) >= 11 is 0. The zero-order valence-corrected chi connectivity index (χ0v) is 8.80. The lowest BCUT2D eigenvalue weighted by Gasteiger charge is -2.10. The minimum Gasteiger partial charge on any atom is -0.504 e. The van der Waals surface area contributed by atoms with E-state index >= 15 is 0 Å². The second kappa shape index (κ2) is 5.37. The number of hydrogen-bond donors (Lipinski definition) is 3. The molecule has 5 nitrogen and oxygen atoms in total. The van der Waals surface area contributed by atoms with Gasteiger partial charge in [0.1, 0.15) is 6.02 Å². The maximum Gasteiger partial charge on any atom is 0.323 e. The fraction of sp³-hybridized carbons (Fsp3) is 0.364. The quantitative estimate of drug-likeness (QED) is 0.515. The maximum absolute atomic E-state index is 11.5. The lowest BCUT2D eigenvalue weighted by Crippen LogP contribution is -2.34. The summed E-state index contributed by atoms with van der Waals surface area (Å²) in [5.74, 6) is -1.81. The van der Waals surface area contributed by atoms with Crippen LogP contribution in [0.2, 0.25) is 0 Å². The Morgan fingerprint density at radius 3 is 2.88 bits per heavy atom. The van der Waals surface area contributed by atoms with Crippen LogP contribution >= 0.6 is 0 Å². The van der Waals surface area contributed by atoms with Gasteiger partial charge in [0, 0.05) is 1.37 Å². The number of esters is 1. The van der Waals surface area contributed by atoms with Gasteiger partial charge in [0.2, 0.25) is 0 Å². The third-order valence-electron chi connectivity index (χ3n) is 1.83. The second-order valence-corrected chi connectivity index (χ2v) is 3.07. The van der Waals surface area contributed by atoms with E-state index in [0.29, 0.717) is 0 Å². The van der Waals surface area contributed by atoms with E-state index in [9.17, 15) is 9.90 Å². The number of ether oxygens (including phenoxy) is 1. The number of carbonyl (C=O) groups is 1. The molecule has 88 valence electrons. The molecule has 0 amide bonds. The van der Waals surface area contributed by atoms with Crippen molar-refractivity contribution in [3.05, 3.63) is 23.8 Å². The highest BCUT2D eigenvalue weighted by Gasteiger charge is 2.15. The lowest BCUT2D eigenvalue weighted by molar-refractivity contribution is -0.144. The lowest BCUT2D eigenvalue weighted by atomic mass is 10.1. The monoisotopic (exact) mass is 227 g/mol. The van der Waals surface area contributed by atoms with Crippen molar-refractivity contribution in [1.82, 2.24) is 0 Å². The SMILES string of the molecule is [2H][C@@H](c1ccc(O)c(O)c1)C([2H])(N)C(=O)OCC. The second-order valence-electron chi connectivity index (χ2n) is 3.07. The van der Waals surface area contributed by atoms with E-state index in [1.54, 1.807) is 6.92 Å². The van der Waals surface area contributed by atoms with Gasteiger partial charge in [-0.05, 0) is 31.0 Å². The predicted molar refractivity (Wildman–Crippen MR) is 58.1 cm³/mol. The van der Waals surface area contributed by atoms with Crippen LogP contribution < -0.4 is 5.73 Å². The fourth-order valence-corrected chi connectivity index (χ4v) is 1.08. The van der Waals surface area contributed by atoms with Crippen LogP contribution in [0.5, 0.6) is 11.5 Å². The summed E-state index contributed by atoms with van der Waals surface area (Å²) in [4.78, 5) is 11.5. The Bertz CT molecular complexity index is 451. The minimum absolute atomic E-state index is 0.0597. The van der Waals surface area contributed by atoms with Crippen LogP contribution in [0.15, 0.2) is 18.2 Å². The molecule has 0 aromatic heterocycles. The van der Waals surface area contributed by atoms with Gasteiger partial charge in [-0.3, -0.25) is 4.79 Å². The minimum atomic E-state index is -2.28. The van der Waals surface area contributed by atoms with Gasteiger partial charge in [0.05, 0.1) is 7.98 Å². The van der Waals surface area contributed by atoms with E-state index in [0.717, 1.165) is 12.1 Å². The number of carbonyl (C=O) groups excluding carboxylic acids is 1. The average molecular weight is 227 g/mol. The fourth-order valence-electron chi connectivity index (χ4n) is 1.08. The molecule has 0 bridgehead atoms. The van der Waals surface area contributed by atoms with Gasteiger partial charge in [-0.15, -0.1) is 0 Å². The zero-order chi connectivity index (χ0) is 13.9. The van der Waals surface area contributed by atoms with Crippen LogP contribution in [-0.4, -0.2) is 28.8 Å². The number of rotatable bonds is 4. The Morgan fingerprint density at radius 1 is 1.62 bits per heavy atom. The molecular weight excluding hydrogens is 210 g/mol. The molecule has 2 atom stereocenters. The largest absolute Gasteiger partial charge is 0.504 e. The summed E-state index contributed by atoms with van der Waals surface area (Å²) < 4.78 is 20.1. The molecule has 0 fully saturated rings. The molecule has 4 N–H and O–H groups in total. The molecule has 0 aliphatic rings. The number of aromatic hydroxyl groups is 2. The molecule has 0 aliphatic carbocycles. The van der Waals surface area contributed by atoms with Gasteiger partial charge < -0.3 is 20.7 Å². The van der Waals surface area contributed by atoms with E-state index in [4.69, 9.17) is 13.6 Å². The molecule has 0 saturated carbocycles. The molecule has 0 radical (unpaired) electrons. The van der Waals surface area contributed by atoms with Gasteiger partial charge in [-0.1, -0.05) is 6.07 Å². The number of phenols is 2. The van der Waals surface area contributed by atoms with Crippen LogP contribution in [0.1, 0.15) is 15.2 Å². The molecule has 1 rings (SSSR count). The first-order valence-electron chi connectivity index (χ1n) is 5.78. The Morgan fingerprint density at radius 2 is 2.31 bits per heavy atom. The van der Waals surface area contributed by atoms with Crippen LogP contribution in [-0.2, 0) is 15.9 Å². The molecule has 1 unspecified atom stereocenters. The highest BCUT2D eigenvalue weighted by molar-refractivity contribution is 5.75. The van der Waals surface area contributed by atoms with E-state index in [2.05, 4.69) is 4.74 Å². The Balaban J connectivity index is 3.01. The normalized spacial score (nSPS) is 17.9. The predicted octanol–water partition coefficient (Wildman–Crippen LogP) is 0.531. The van der Waals surface area contributed by atoms with Crippen molar-refractivity contribution in [1.29, 1.82) is 0 Å². The summed E-state index contributed by atoms with van der Waals surface area (Å²) in [7, 11) is 0. The van der Waals surface area contributed by atoms with Crippen LogP contribution in [0.4, 0.5) is 0 Å². The van der Waals surface area contributed by atoms with Crippen molar-refractivity contribution in [2.45, 2.75) is 19.3 Å². The Kier molecular flexibility index (Phi) is 3.18. The van der Waals surface area contributed by atoms with Crippen molar-refractivity contribution in [2.24, 2.45) is 5.73 Å². The molecule has 5 heteroatoms. The number of benzene rings is 1. The van der Waals surface area contributed by atoms with Crippen LogP contribution in [0.3, 0.4) is 0 Å². The summed E-state index contributed by atoms with van der Waals surface area (Å²) in [5.41, 5.74) is 5.61. The van der Waals surface area contributed by atoms with E-state index < -0.39 is 24.1 Å². The maximum atomic E-state index is 11.5. The topological polar surface area (TPSA) is 92.8 Å². The highest BCUT2D eigenvalue weighted by atomic mass is 16.5. The molecule has 1 aromatic carbocycles. The third-order valence-corrected chi connectivity index (χ3v) is 1.83. The van der Waals surface area contributed by atoms with Crippen molar-refractivity contribution >= 4 is 5.97 Å². The van der Waals surface area contributed by atoms with Gasteiger partial charge in [-0.2, -0.15) is 0 Å². The van der Waals surface area contributed by atoms with Gasteiger partial charge in [-0.25, -0.2) is 0 Å². The van der Waals surface area contributed by atoms with Crippen molar-refractivity contribution < 1.29 is 22.5 Å². The first-order chi connectivity index (χ1) is 8.30. The van der Waals surface area contributed by atoms with Crippen LogP contribution in [0, 0.1) is 0 Å². The number of hydrogen-bond acceptors (Lipinski definition) is 5. The van der Waals surface area contributed by atoms with Crippen molar-refractivity contribution in [2.75, 3.05) is 6.61 Å². The van der Waals surface area contributed by atoms with E-state index in [1.165, 1.54) is 6.07 Å². The summed E-state index contributed by atoms with van der Waals surface area (Å²) in [6.07, 6.45) is -1.44. The van der Waals surface area contributed by atoms with Crippen molar-refractivity contribution in [3.8, 4) is 11.5 Å². The van der Waals surface area contributed by atoms with Gasteiger partial charge in [0.15, 0.2) is 11.5 Å². The molecule has 0 heterocycles. The summed E-state index contributed by atoms with van der Waals surface area (Å²) in [6, 6.07) is 1.28. The average Bonchev–Trinajstić information content (AvgIpc) is 2.32. The number of phenolic OH excluding ortho intramolecular Hbond substituents is 2.